The lowest BCUT2D eigenvalue weighted by Gasteiger charge is -2.12. The van der Waals surface area contributed by atoms with Crippen molar-refractivity contribution in [3.63, 3.8) is 0 Å². The van der Waals surface area contributed by atoms with Crippen LogP contribution in [0.5, 0.6) is 0 Å². The van der Waals surface area contributed by atoms with Crippen molar-refractivity contribution >= 4 is 23.5 Å². The molecule has 35 heavy (non-hydrogen) atoms. The number of rotatable bonds is 6. The summed E-state index contributed by atoms with van der Waals surface area (Å²) >= 11 is 0. The highest BCUT2D eigenvalue weighted by molar-refractivity contribution is 6.53. The first kappa shape index (κ1) is 22.2. The minimum atomic E-state index is -0.467. The first-order chi connectivity index (χ1) is 17.2. The summed E-state index contributed by atoms with van der Waals surface area (Å²) < 4.78 is 7.05. The van der Waals surface area contributed by atoms with Gasteiger partial charge >= 0.3 is 5.97 Å². The van der Waals surface area contributed by atoms with E-state index in [0.29, 0.717) is 22.4 Å². The first-order valence-corrected chi connectivity index (χ1v) is 11.4. The van der Waals surface area contributed by atoms with Crippen molar-refractivity contribution in [2.24, 2.45) is 4.99 Å². The molecule has 0 aliphatic carbocycles. The van der Waals surface area contributed by atoms with Gasteiger partial charge in [-0.15, -0.1) is 0 Å². The number of benzene rings is 3. The van der Waals surface area contributed by atoms with E-state index < -0.39 is 5.97 Å². The number of fused-ring (bicyclic) bond motifs is 1. The molecular formula is C29H23N3O3. The number of carbonyl (C=O) groups excluding carboxylic acids is 2. The van der Waals surface area contributed by atoms with Crippen LogP contribution < -0.4 is 0 Å². The first-order valence-electron chi connectivity index (χ1n) is 11.4. The van der Waals surface area contributed by atoms with Crippen LogP contribution in [0.2, 0.25) is 0 Å². The van der Waals surface area contributed by atoms with Crippen LogP contribution in [0.25, 0.3) is 23.0 Å². The molecular weight excluding hydrogens is 438 g/mol. The molecule has 4 aromatic rings. The summed E-state index contributed by atoms with van der Waals surface area (Å²) in [4.78, 5) is 31.1. The van der Waals surface area contributed by atoms with Gasteiger partial charge in [-0.25, -0.2) is 9.48 Å². The number of aromatic nitrogens is 2. The highest BCUT2D eigenvalue weighted by Gasteiger charge is 2.30. The number of carbonyl (C=O) groups is 2. The summed E-state index contributed by atoms with van der Waals surface area (Å²) in [6, 6.07) is 28.5. The number of ketones is 1. The van der Waals surface area contributed by atoms with Gasteiger partial charge in [-0.1, -0.05) is 78.9 Å². The maximum Gasteiger partial charge on any atom is 0.335 e. The lowest BCUT2D eigenvalue weighted by atomic mass is 9.95. The Bertz CT molecular complexity index is 1440. The third-order valence-electron chi connectivity index (χ3n) is 5.70. The van der Waals surface area contributed by atoms with Gasteiger partial charge < -0.3 is 4.74 Å². The minimum absolute atomic E-state index is 0.0304. The predicted octanol–water partition coefficient (Wildman–Crippen LogP) is 5.17. The van der Waals surface area contributed by atoms with Crippen molar-refractivity contribution in [2.45, 2.75) is 6.92 Å². The molecule has 2 heterocycles. The van der Waals surface area contributed by atoms with Crippen LogP contribution in [0.1, 0.15) is 28.5 Å². The molecule has 1 aliphatic heterocycles. The highest BCUT2D eigenvalue weighted by atomic mass is 16.5. The van der Waals surface area contributed by atoms with E-state index in [2.05, 4.69) is 4.99 Å². The zero-order chi connectivity index (χ0) is 24.2. The third kappa shape index (κ3) is 4.34. The number of ether oxygens (including phenoxy) is 1. The second-order valence-electron chi connectivity index (χ2n) is 7.97. The van der Waals surface area contributed by atoms with Gasteiger partial charge in [0, 0.05) is 11.1 Å². The molecule has 0 unspecified atom stereocenters. The van der Waals surface area contributed by atoms with Crippen molar-refractivity contribution < 1.29 is 14.3 Å². The largest absolute Gasteiger partial charge is 0.463 e. The fourth-order valence-corrected chi connectivity index (χ4v) is 4.10. The Morgan fingerprint density at radius 1 is 0.886 bits per heavy atom. The Hall–Kier alpha value is -4.58. The maximum atomic E-state index is 13.7. The SMILES string of the molecule is CCOC(=O)C1=Cc2nn(-c3ccccc3)c(-c3ccccc3)c2C(C(=O)c2ccccc2)=NC1. The van der Waals surface area contributed by atoms with E-state index in [1.807, 2.05) is 78.9 Å². The summed E-state index contributed by atoms with van der Waals surface area (Å²) in [6.07, 6.45) is 1.69. The van der Waals surface area contributed by atoms with Crippen LogP contribution in [-0.4, -0.2) is 40.4 Å². The molecule has 0 N–H and O–H groups in total. The van der Waals surface area contributed by atoms with E-state index in [1.54, 1.807) is 29.8 Å². The molecule has 3 aromatic carbocycles. The summed E-state index contributed by atoms with van der Waals surface area (Å²) in [5.74, 6) is -0.693. The second-order valence-corrected chi connectivity index (χ2v) is 7.97. The molecule has 0 amide bonds. The van der Waals surface area contributed by atoms with Gasteiger partial charge in [0.2, 0.25) is 5.78 Å². The zero-order valence-corrected chi connectivity index (χ0v) is 19.2. The topological polar surface area (TPSA) is 73.5 Å². The Balaban J connectivity index is 1.80. The van der Waals surface area contributed by atoms with Gasteiger partial charge in [0.1, 0.15) is 5.71 Å². The molecule has 0 saturated carbocycles. The lowest BCUT2D eigenvalue weighted by Crippen LogP contribution is -2.18. The van der Waals surface area contributed by atoms with Gasteiger partial charge in [-0.05, 0) is 25.1 Å². The summed E-state index contributed by atoms with van der Waals surface area (Å²) in [7, 11) is 0. The molecule has 172 valence electrons. The fourth-order valence-electron chi connectivity index (χ4n) is 4.10. The van der Waals surface area contributed by atoms with Gasteiger partial charge in [-0.2, -0.15) is 5.10 Å². The van der Waals surface area contributed by atoms with E-state index in [9.17, 15) is 9.59 Å². The molecule has 0 bridgehead atoms. The molecule has 0 atom stereocenters. The smallest absolute Gasteiger partial charge is 0.335 e. The number of Topliss-reactive ketones (excluding diaryl/α,β-unsaturated/α-hetero) is 1. The van der Waals surface area contributed by atoms with Crippen LogP contribution in [0.15, 0.2) is 102 Å². The quantitative estimate of drug-likeness (QED) is 0.293. The summed E-state index contributed by atoms with van der Waals surface area (Å²) in [5, 5.41) is 4.88. The molecule has 0 fully saturated rings. The molecule has 6 heteroatoms. The number of nitrogens with zero attached hydrogens (tertiary/aromatic N) is 3. The number of hydrogen-bond acceptors (Lipinski definition) is 5. The summed E-state index contributed by atoms with van der Waals surface area (Å²) in [5.41, 5.74) is 4.66. The van der Waals surface area contributed by atoms with E-state index >= 15 is 0 Å². The van der Waals surface area contributed by atoms with Crippen molar-refractivity contribution in [3.8, 4) is 16.9 Å². The standard InChI is InChI=1S/C29H23N3O3/c1-2-35-29(34)22-18-24-25(26(30-19-22)28(33)21-14-8-4-9-15-21)27(20-12-6-3-7-13-20)32(31-24)23-16-10-5-11-17-23/h3-18H,2,19H2,1H3. The predicted molar refractivity (Wildman–Crippen MR) is 136 cm³/mol. The van der Waals surface area contributed by atoms with Crippen LogP contribution in [-0.2, 0) is 9.53 Å². The molecule has 5 rings (SSSR count). The van der Waals surface area contributed by atoms with Crippen LogP contribution >= 0.6 is 0 Å². The van der Waals surface area contributed by atoms with E-state index in [1.165, 1.54) is 0 Å². The van der Waals surface area contributed by atoms with Gasteiger partial charge in [0.05, 0.1) is 41.4 Å². The van der Waals surface area contributed by atoms with Gasteiger partial charge in [0.25, 0.3) is 0 Å². The highest BCUT2D eigenvalue weighted by Crippen LogP contribution is 2.33. The summed E-state index contributed by atoms with van der Waals surface area (Å²) in [6.45, 7) is 2.03. The second kappa shape index (κ2) is 9.73. The van der Waals surface area contributed by atoms with Gasteiger partial charge in [0.15, 0.2) is 0 Å². The number of para-hydroxylation sites is 1. The monoisotopic (exact) mass is 461 g/mol. The van der Waals surface area contributed by atoms with E-state index in [-0.39, 0.29) is 24.6 Å². The number of esters is 1. The average Bonchev–Trinajstić information content (AvgIpc) is 3.18. The molecule has 0 spiro atoms. The minimum Gasteiger partial charge on any atom is -0.463 e. The fraction of sp³-hybridized carbons (Fsp3) is 0.103. The Labute approximate surface area is 203 Å². The lowest BCUT2D eigenvalue weighted by molar-refractivity contribution is -0.138. The molecule has 1 aliphatic rings. The van der Waals surface area contributed by atoms with Gasteiger partial charge in [-0.3, -0.25) is 9.79 Å². The maximum absolute atomic E-state index is 13.7. The van der Waals surface area contributed by atoms with Crippen molar-refractivity contribution in [1.29, 1.82) is 0 Å². The molecule has 6 nitrogen and oxygen atoms in total. The Morgan fingerprint density at radius 3 is 2.17 bits per heavy atom. The molecule has 1 aromatic heterocycles. The average molecular weight is 462 g/mol. The van der Waals surface area contributed by atoms with Crippen molar-refractivity contribution in [1.82, 2.24) is 9.78 Å². The number of hydrogen-bond donors (Lipinski definition) is 0. The van der Waals surface area contributed by atoms with E-state index in [0.717, 1.165) is 16.9 Å². The Kier molecular flexibility index (Phi) is 6.18. The third-order valence-corrected chi connectivity index (χ3v) is 5.70. The van der Waals surface area contributed by atoms with Crippen LogP contribution in [0, 0.1) is 0 Å². The van der Waals surface area contributed by atoms with Crippen LogP contribution in [0.4, 0.5) is 0 Å². The normalized spacial score (nSPS) is 12.7. The van der Waals surface area contributed by atoms with Crippen molar-refractivity contribution in [2.75, 3.05) is 13.2 Å². The zero-order valence-electron chi connectivity index (χ0n) is 19.2. The van der Waals surface area contributed by atoms with Crippen LogP contribution in [0.3, 0.4) is 0 Å². The van der Waals surface area contributed by atoms with Crippen molar-refractivity contribution in [3.05, 3.63) is 113 Å². The molecule has 0 saturated heterocycles. The molecule has 0 radical (unpaired) electrons. The number of aliphatic imine (C=N–C) groups is 1. The van der Waals surface area contributed by atoms with E-state index in [4.69, 9.17) is 9.84 Å². The Morgan fingerprint density at radius 2 is 1.51 bits per heavy atom.